The summed E-state index contributed by atoms with van der Waals surface area (Å²) in [6, 6.07) is 12.4. The Bertz CT molecular complexity index is 1280. The maximum atomic E-state index is 12.5. The number of ether oxygens (including phenoxy) is 1. The first kappa shape index (κ1) is 25.4. The van der Waals surface area contributed by atoms with Gasteiger partial charge in [0.2, 0.25) is 5.91 Å². The van der Waals surface area contributed by atoms with E-state index in [1.54, 1.807) is 30.3 Å². The van der Waals surface area contributed by atoms with Gasteiger partial charge in [0.1, 0.15) is 23.8 Å². The number of carboxylic acid groups (broad SMARTS) is 1. The van der Waals surface area contributed by atoms with Crippen LogP contribution in [0.1, 0.15) is 32.0 Å². The molecular weight excluding hydrogens is 449 g/mol. The maximum absolute atomic E-state index is 12.5. The largest absolute Gasteiger partial charge is 1.00 e. The quantitative estimate of drug-likeness (QED) is 0.388. The van der Waals surface area contributed by atoms with Gasteiger partial charge in [-0.25, -0.2) is 14.8 Å². The summed E-state index contributed by atoms with van der Waals surface area (Å²) in [5.41, 5.74) is 1.95. The number of carbonyl (C=O) groups excluding carboxylic acids is 3. The van der Waals surface area contributed by atoms with Crippen LogP contribution < -0.4 is 34.2 Å². The molecule has 12 heteroatoms. The number of carbonyl (C=O) groups is 4. The van der Waals surface area contributed by atoms with Crippen LogP contribution in [0.2, 0.25) is 0 Å². The van der Waals surface area contributed by atoms with E-state index in [1.807, 2.05) is 0 Å². The van der Waals surface area contributed by atoms with E-state index < -0.39 is 17.8 Å². The molecule has 3 amide bonds. The van der Waals surface area contributed by atoms with Gasteiger partial charge in [0.05, 0.1) is 23.4 Å². The van der Waals surface area contributed by atoms with Gasteiger partial charge in [-0.2, -0.15) is 0 Å². The van der Waals surface area contributed by atoms with Gasteiger partial charge in [-0.05, 0) is 29.8 Å². The number of hydrogen-bond acceptors (Lipinski definition) is 7. The van der Waals surface area contributed by atoms with E-state index in [1.165, 1.54) is 18.2 Å². The number of anilines is 2. The number of rotatable bonds is 7. The third-order valence-corrected chi connectivity index (χ3v) is 4.80. The Labute approximate surface area is 211 Å². The fraction of sp³-hybridized carbons (Fsp3) is 0.130. The van der Waals surface area contributed by atoms with Gasteiger partial charge >= 0.3 is 24.8 Å². The molecule has 0 spiro atoms. The molecule has 2 heterocycles. The normalized spacial score (nSPS) is 11.7. The Hall–Kier alpha value is -4.20. The molecular formula is C23H18LiN5O6. The molecule has 0 aliphatic carbocycles. The molecule has 1 aromatic heterocycles. The number of carboxylic acids is 1. The summed E-state index contributed by atoms with van der Waals surface area (Å²) in [6.07, 6.45) is 1.14. The Morgan fingerprint density at radius 1 is 1.06 bits per heavy atom. The topological polar surface area (TPSA) is 162 Å². The van der Waals surface area contributed by atoms with E-state index in [0.29, 0.717) is 22.6 Å². The summed E-state index contributed by atoms with van der Waals surface area (Å²) >= 11 is 0. The van der Waals surface area contributed by atoms with Gasteiger partial charge < -0.3 is 30.6 Å². The van der Waals surface area contributed by atoms with Crippen molar-refractivity contribution < 1.29 is 47.9 Å². The second kappa shape index (κ2) is 11.3. The molecule has 0 bridgehead atoms. The molecule has 0 fully saturated rings. The number of aromatic nitrogens is 2. The van der Waals surface area contributed by atoms with Crippen LogP contribution in [0.15, 0.2) is 54.9 Å². The van der Waals surface area contributed by atoms with Crippen molar-refractivity contribution in [3.8, 4) is 5.75 Å². The first-order valence-corrected chi connectivity index (χ1v) is 10.1. The van der Waals surface area contributed by atoms with E-state index in [4.69, 9.17) is 9.84 Å². The van der Waals surface area contributed by atoms with Crippen LogP contribution in [-0.4, -0.2) is 45.4 Å². The average Bonchev–Trinajstić information content (AvgIpc) is 2.82. The van der Waals surface area contributed by atoms with Crippen LogP contribution in [0.3, 0.4) is 0 Å². The molecule has 11 nitrogen and oxygen atoms in total. The van der Waals surface area contributed by atoms with Gasteiger partial charge in [0, 0.05) is 6.07 Å². The van der Waals surface area contributed by atoms with E-state index in [9.17, 15) is 19.2 Å². The fourth-order valence-corrected chi connectivity index (χ4v) is 3.15. The maximum Gasteiger partial charge on any atom is 1.00 e. The fourth-order valence-electron chi connectivity index (χ4n) is 3.15. The number of amides is 3. The van der Waals surface area contributed by atoms with E-state index in [-0.39, 0.29) is 61.4 Å². The van der Waals surface area contributed by atoms with Crippen LogP contribution in [0, 0.1) is 0 Å². The minimum Gasteiger partial charge on any atom is -0.644 e. The molecule has 2 aromatic carbocycles. The Balaban J connectivity index is 0.00000342. The zero-order valence-electron chi connectivity index (χ0n) is 18.6. The number of nitrogens with zero attached hydrogens (tertiary/aromatic N) is 3. The Kier molecular flexibility index (Phi) is 8.20. The van der Waals surface area contributed by atoms with Gasteiger partial charge in [-0.3, -0.25) is 9.59 Å². The number of benzene rings is 2. The molecule has 4 rings (SSSR count). The summed E-state index contributed by atoms with van der Waals surface area (Å²) < 4.78 is 5.30. The van der Waals surface area contributed by atoms with Crippen molar-refractivity contribution in [2.45, 2.75) is 13.0 Å². The molecule has 1 aliphatic heterocycles. The van der Waals surface area contributed by atoms with Gasteiger partial charge in [0.15, 0.2) is 6.61 Å². The van der Waals surface area contributed by atoms with Crippen LogP contribution >= 0.6 is 0 Å². The molecule has 0 unspecified atom stereocenters. The smallest absolute Gasteiger partial charge is 0.644 e. The predicted molar refractivity (Wildman–Crippen MR) is 120 cm³/mol. The van der Waals surface area contributed by atoms with Crippen molar-refractivity contribution in [2.75, 3.05) is 17.2 Å². The summed E-state index contributed by atoms with van der Waals surface area (Å²) in [4.78, 5) is 55.0. The monoisotopic (exact) mass is 467 g/mol. The van der Waals surface area contributed by atoms with E-state index in [2.05, 4.69) is 25.9 Å². The van der Waals surface area contributed by atoms with Crippen molar-refractivity contribution in [3.63, 3.8) is 0 Å². The van der Waals surface area contributed by atoms with Crippen LogP contribution in [-0.2, 0) is 22.6 Å². The molecule has 172 valence electrons. The first-order chi connectivity index (χ1) is 16.4. The molecule has 0 saturated carbocycles. The zero-order valence-corrected chi connectivity index (χ0v) is 18.6. The predicted octanol–water partition coefficient (Wildman–Crippen LogP) is -0.595. The van der Waals surface area contributed by atoms with Crippen molar-refractivity contribution >= 4 is 35.2 Å². The molecule has 0 radical (unpaired) electrons. The number of nitrogens with one attached hydrogen (secondary N) is 2. The molecule has 0 saturated heterocycles. The zero-order chi connectivity index (χ0) is 24.1. The molecule has 3 aromatic rings. The summed E-state index contributed by atoms with van der Waals surface area (Å²) in [5, 5.41) is 18.2. The Morgan fingerprint density at radius 2 is 1.80 bits per heavy atom. The van der Waals surface area contributed by atoms with Crippen LogP contribution in [0.25, 0.3) is 5.32 Å². The molecule has 3 N–H and O–H groups in total. The summed E-state index contributed by atoms with van der Waals surface area (Å²) in [7, 11) is 0. The minimum atomic E-state index is -1.05. The molecule has 35 heavy (non-hydrogen) atoms. The second-order valence-corrected chi connectivity index (χ2v) is 7.30. The number of fused-ring (bicyclic) bond motifs is 1. The van der Waals surface area contributed by atoms with Crippen molar-refractivity contribution in [1.82, 2.24) is 9.97 Å². The van der Waals surface area contributed by atoms with Crippen molar-refractivity contribution in [3.05, 3.63) is 82.6 Å². The van der Waals surface area contributed by atoms with Gasteiger partial charge in [-0.1, -0.05) is 23.8 Å². The SMILES string of the molecule is O=C(Cc1ccc(C(=O)O)cc1)Nc1cc(C(=O)[N-]Cc2ccc3c(c2)NC(=O)CO3)ncn1.[Li+]. The third-order valence-electron chi connectivity index (χ3n) is 4.80. The summed E-state index contributed by atoms with van der Waals surface area (Å²) in [5.74, 6) is -1.62. The van der Waals surface area contributed by atoms with E-state index in [0.717, 1.165) is 6.33 Å². The molecule has 0 atom stereocenters. The van der Waals surface area contributed by atoms with Gasteiger partial charge in [0.25, 0.3) is 5.91 Å². The van der Waals surface area contributed by atoms with Gasteiger partial charge in [-0.15, -0.1) is 6.54 Å². The second-order valence-electron chi connectivity index (χ2n) is 7.30. The Morgan fingerprint density at radius 3 is 2.54 bits per heavy atom. The van der Waals surface area contributed by atoms with Crippen LogP contribution in [0.5, 0.6) is 5.75 Å². The first-order valence-electron chi connectivity index (χ1n) is 10.1. The molecule has 1 aliphatic rings. The van der Waals surface area contributed by atoms with E-state index >= 15 is 0 Å². The standard InChI is InChI=1S/C23H19N5O6.Li/c29-20(8-13-1-4-15(5-2-13)23(32)33)28-19-9-17(25-12-26-19)22(31)24-10-14-3-6-18-16(7-14)27-21(30)11-34-18;/h1-7,9,12H,8,10-11H2,(H4,24,25,26,27,28,29,30,31,32,33);/q;+1/p-1. The average molecular weight is 467 g/mol. The minimum absolute atomic E-state index is 0. The van der Waals surface area contributed by atoms with Crippen molar-refractivity contribution in [2.24, 2.45) is 0 Å². The third kappa shape index (κ3) is 6.66. The van der Waals surface area contributed by atoms with Crippen molar-refractivity contribution in [1.29, 1.82) is 0 Å². The number of aromatic carboxylic acids is 1. The summed E-state index contributed by atoms with van der Waals surface area (Å²) in [6.45, 7) is 0.0127. The number of hydrogen-bond donors (Lipinski definition) is 3. The van der Waals surface area contributed by atoms with Crippen LogP contribution in [0.4, 0.5) is 11.5 Å².